The number of aromatic nitrogens is 2. The summed E-state index contributed by atoms with van der Waals surface area (Å²) in [6.45, 7) is 0. The molecule has 1 aromatic heterocycles. The molecule has 0 aliphatic carbocycles. The summed E-state index contributed by atoms with van der Waals surface area (Å²) in [7, 11) is 0. The van der Waals surface area contributed by atoms with Gasteiger partial charge < -0.3 is 9.90 Å². The maximum atomic E-state index is 10.4. The quantitative estimate of drug-likeness (QED) is 0.639. The Balaban J connectivity index is 1.68. The maximum Gasteiger partial charge on any atom is 0.175 e. The molecule has 7 heteroatoms. The van der Waals surface area contributed by atoms with Crippen molar-refractivity contribution in [2.45, 2.75) is 14.4 Å². The Bertz CT molecular complexity index is 799. The number of aliphatic carboxylic acids is 1. The Hall–Kier alpha value is -1.57. The molecule has 0 aliphatic heterocycles. The number of carbonyl (C=O) groups excluding carboxylic acids is 1. The van der Waals surface area contributed by atoms with E-state index in [-0.39, 0.29) is 5.75 Å². The fraction of sp³-hybridized carbons (Fsp3) is 0.133. The zero-order chi connectivity index (χ0) is 15.4. The number of benzene rings is 2. The summed E-state index contributed by atoms with van der Waals surface area (Å²) in [4.78, 5) is 10.4. The maximum absolute atomic E-state index is 10.4. The number of fused-ring (bicyclic) bond motifs is 1. The fourth-order valence-electron chi connectivity index (χ4n) is 1.99. The van der Waals surface area contributed by atoms with Gasteiger partial charge in [-0.2, -0.15) is 0 Å². The first-order chi connectivity index (χ1) is 10.7. The third-order valence-electron chi connectivity index (χ3n) is 2.93. The number of carboxylic acids is 1. The van der Waals surface area contributed by atoms with Crippen LogP contribution in [-0.2, 0) is 10.5 Å². The highest BCUT2D eigenvalue weighted by Gasteiger charge is 2.07. The van der Waals surface area contributed by atoms with Crippen LogP contribution >= 0.6 is 34.9 Å². The number of hydrogen-bond acceptors (Lipinski definition) is 7. The first-order valence-electron chi connectivity index (χ1n) is 6.48. The number of rotatable bonds is 6. The van der Waals surface area contributed by atoms with Crippen molar-refractivity contribution in [1.29, 1.82) is 0 Å². The molecule has 0 saturated heterocycles. The molecule has 1 heterocycles. The first-order valence-corrected chi connectivity index (χ1v) is 9.27. The lowest BCUT2D eigenvalue weighted by molar-refractivity contribution is -0.301. The highest BCUT2D eigenvalue weighted by Crippen LogP contribution is 2.32. The zero-order valence-electron chi connectivity index (χ0n) is 11.4. The van der Waals surface area contributed by atoms with Gasteiger partial charge in [0, 0.05) is 11.5 Å². The predicted octanol–water partition coefficient (Wildman–Crippen LogP) is 2.83. The molecule has 0 bridgehead atoms. The summed E-state index contributed by atoms with van der Waals surface area (Å²) >= 11 is 4.17. The van der Waals surface area contributed by atoms with Crippen LogP contribution in [0.5, 0.6) is 0 Å². The number of thioether (sulfide) groups is 2. The third kappa shape index (κ3) is 3.79. The predicted molar refractivity (Wildman–Crippen MR) is 89.1 cm³/mol. The van der Waals surface area contributed by atoms with Crippen LogP contribution < -0.4 is 5.11 Å². The molecule has 3 rings (SSSR count). The van der Waals surface area contributed by atoms with Crippen molar-refractivity contribution in [2.75, 3.05) is 5.75 Å². The molecule has 112 valence electrons. The highest BCUT2D eigenvalue weighted by molar-refractivity contribution is 8.03. The molecule has 0 saturated carbocycles. The Kier molecular flexibility index (Phi) is 4.97. The largest absolute Gasteiger partial charge is 0.549 e. The van der Waals surface area contributed by atoms with Crippen molar-refractivity contribution in [3.8, 4) is 0 Å². The molecular formula is C15H11N2O2S3-. The highest BCUT2D eigenvalue weighted by atomic mass is 32.2. The SMILES string of the molecule is O=C([O-])CSc1nnc(SCc2cccc3ccccc23)s1. The standard InChI is InChI=1S/C15H12N2O2S3/c18-13(19)9-21-15-17-16-14(22-15)20-8-11-6-3-5-10-4-1-2-7-12(10)11/h1-7H,8-9H2,(H,18,19)/p-1. The molecule has 2 aromatic carbocycles. The van der Waals surface area contributed by atoms with Crippen LogP contribution in [0.25, 0.3) is 10.8 Å². The summed E-state index contributed by atoms with van der Waals surface area (Å²) in [5.41, 5.74) is 1.25. The van der Waals surface area contributed by atoms with E-state index in [1.807, 2.05) is 12.1 Å². The molecule has 0 atom stereocenters. The lowest BCUT2D eigenvalue weighted by atomic mass is 10.1. The molecule has 0 aliphatic rings. The van der Waals surface area contributed by atoms with Crippen LogP contribution in [0, 0.1) is 0 Å². The van der Waals surface area contributed by atoms with E-state index in [1.165, 1.54) is 27.7 Å². The Morgan fingerprint density at radius 1 is 1.05 bits per heavy atom. The van der Waals surface area contributed by atoms with E-state index in [0.29, 0.717) is 4.34 Å². The van der Waals surface area contributed by atoms with Crippen molar-refractivity contribution in [1.82, 2.24) is 10.2 Å². The lowest BCUT2D eigenvalue weighted by Gasteiger charge is -2.04. The molecule has 22 heavy (non-hydrogen) atoms. The summed E-state index contributed by atoms with van der Waals surface area (Å²) < 4.78 is 1.50. The topological polar surface area (TPSA) is 65.9 Å². The molecular weight excluding hydrogens is 336 g/mol. The van der Waals surface area contributed by atoms with Gasteiger partial charge in [0.1, 0.15) is 0 Å². The molecule has 0 spiro atoms. The van der Waals surface area contributed by atoms with Gasteiger partial charge in [0.2, 0.25) is 0 Å². The van der Waals surface area contributed by atoms with Crippen molar-refractivity contribution >= 4 is 51.6 Å². The number of carbonyl (C=O) groups is 1. The van der Waals surface area contributed by atoms with E-state index in [9.17, 15) is 9.90 Å². The molecule has 0 fully saturated rings. The summed E-state index contributed by atoms with van der Waals surface area (Å²) in [5, 5.41) is 21.0. The van der Waals surface area contributed by atoms with E-state index in [1.54, 1.807) is 11.8 Å². The van der Waals surface area contributed by atoms with Gasteiger partial charge in [0.25, 0.3) is 0 Å². The van der Waals surface area contributed by atoms with E-state index in [2.05, 4.69) is 40.5 Å². The molecule has 0 amide bonds. The fourth-order valence-corrected chi connectivity index (χ4v) is 4.73. The normalized spacial score (nSPS) is 10.9. The Morgan fingerprint density at radius 2 is 1.77 bits per heavy atom. The number of nitrogens with zero attached hydrogens (tertiary/aromatic N) is 2. The van der Waals surface area contributed by atoms with Gasteiger partial charge in [-0.05, 0) is 16.3 Å². The van der Waals surface area contributed by atoms with Gasteiger partial charge in [-0.1, -0.05) is 77.3 Å². The molecule has 0 N–H and O–H groups in total. The van der Waals surface area contributed by atoms with Crippen molar-refractivity contribution < 1.29 is 9.90 Å². The molecule has 4 nitrogen and oxygen atoms in total. The molecule has 3 aromatic rings. The van der Waals surface area contributed by atoms with E-state index in [4.69, 9.17) is 0 Å². The van der Waals surface area contributed by atoms with Gasteiger partial charge in [-0.3, -0.25) is 0 Å². The monoisotopic (exact) mass is 347 g/mol. The number of hydrogen-bond donors (Lipinski definition) is 0. The first kappa shape index (κ1) is 15.3. The molecule has 0 unspecified atom stereocenters. The van der Waals surface area contributed by atoms with Gasteiger partial charge in [0.15, 0.2) is 8.68 Å². The molecule has 0 radical (unpaired) electrons. The summed E-state index contributed by atoms with van der Waals surface area (Å²) in [5.74, 6) is -0.380. The van der Waals surface area contributed by atoms with Gasteiger partial charge in [-0.25, -0.2) is 0 Å². The van der Waals surface area contributed by atoms with Gasteiger partial charge in [0.05, 0.1) is 5.97 Å². The van der Waals surface area contributed by atoms with E-state index >= 15 is 0 Å². The van der Waals surface area contributed by atoms with Crippen molar-refractivity contribution in [3.63, 3.8) is 0 Å². The minimum atomic E-state index is -1.09. The zero-order valence-corrected chi connectivity index (χ0v) is 13.8. The smallest absolute Gasteiger partial charge is 0.175 e. The second-order valence-corrected chi connectivity index (χ2v) is 7.84. The average molecular weight is 347 g/mol. The van der Waals surface area contributed by atoms with Crippen LogP contribution in [0.15, 0.2) is 51.1 Å². The van der Waals surface area contributed by atoms with Crippen LogP contribution in [-0.4, -0.2) is 21.9 Å². The lowest BCUT2D eigenvalue weighted by Crippen LogP contribution is -2.24. The van der Waals surface area contributed by atoms with Crippen molar-refractivity contribution in [2.24, 2.45) is 0 Å². The van der Waals surface area contributed by atoms with Gasteiger partial charge >= 0.3 is 0 Å². The second kappa shape index (κ2) is 7.13. The van der Waals surface area contributed by atoms with E-state index < -0.39 is 5.97 Å². The Labute approximate surface area is 140 Å². The van der Waals surface area contributed by atoms with Crippen LogP contribution in [0.1, 0.15) is 5.56 Å². The second-order valence-electron chi connectivity index (χ2n) is 4.42. The minimum absolute atomic E-state index is 0.0946. The Morgan fingerprint density at radius 3 is 2.59 bits per heavy atom. The summed E-state index contributed by atoms with van der Waals surface area (Å²) in [6.07, 6.45) is 0. The number of carboxylic acid groups (broad SMARTS) is 1. The van der Waals surface area contributed by atoms with E-state index in [0.717, 1.165) is 21.9 Å². The van der Waals surface area contributed by atoms with Crippen LogP contribution in [0.3, 0.4) is 0 Å². The average Bonchev–Trinajstić information content (AvgIpc) is 2.99. The van der Waals surface area contributed by atoms with Crippen molar-refractivity contribution in [3.05, 3.63) is 48.0 Å². The third-order valence-corrected chi connectivity index (χ3v) is 6.14. The van der Waals surface area contributed by atoms with Crippen LogP contribution in [0.2, 0.25) is 0 Å². The van der Waals surface area contributed by atoms with Gasteiger partial charge in [-0.15, -0.1) is 10.2 Å². The summed E-state index contributed by atoms with van der Waals surface area (Å²) in [6, 6.07) is 14.6. The minimum Gasteiger partial charge on any atom is -0.549 e. The van der Waals surface area contributed by atoms with Crippen LogP contribution in [0.4, 0.5) is 0 Å².